The summed E-state index contributed by atoms with van der Waals surface area (Å²) in [5.41, 5.74) is 1.21. The Morgan fingerprint density at radius 3 is 2.50 bits per heavy atom. The van der Waals surface area contributed by atoms with Crippen molar-refractivity contribution in [3.63, 3.8) is 0 Å². The zero-order valence-corrected chi connectivity index (χ0v) is 9.52. The molecule has 84 valence electrons. The molecule has 1 unspecified atom stereocenters. The van der Waals surface area contributed by atoms with Gasteiger partial charge >= 0.3 is 0 Å². The summed E-state index contributed by atoms with van der Waals surface area (Å²) in [4.78, 5) is 0. The Kier molecular flexibility index (Phi) is 3.65. The number of aliphatic hydroxyl groups excluding tert-OH is 1. The first-order valence-corrected chi connectivity index (χ1v) is 5.61. The molecule has 1 aromatic carbocycles. The molecule has 0 spiro atoms. The maximum absolute atomic E-state index is 9.84. The highest BCUT2D eigenvalue weighted by atomic mass is 35.5. The predicted octanol–water partition coefficient (Wildman–Crippen LogP) is 3.60. The van der Waals surface area contributed by atoms with Gasteiger partial charge in [-0.2, -0.15) is 0 Å². The topological polar surface area (TPSA) is 33.4 Å². The maximum atomic E-state index is 9.84. The summed E-state index contributed by atoms with van der Waals surface area (Å²) in [5, 5.41) is 10.2. The minimum absolute atomic E-state index is 0.314. The third-order valence-corrected chi connectivity index (χ3v) is 2.67. The van der Waals surface area contributed by atoms with Gasteiger partial charge in [-0.25, -0.2) is 0 Å². The van der Waals surface area contributed by atoms with Crippen LogP contribution in [0.5, 0.6) is 0 Å². The van der Waals surface area contributed by atoms with E-state index in [-0.39, 0.29) is 0 Å². The van der Waals surface area contributed by atoms with E-state index in [1.807, 2.05) is 30.3 Å². The fraction of sp³-hybridized carbons (Fsp3) is 0.231. The molecule has 3 heteroatoms. The number of hydrogen-bond acceptors (Lipinski definition) is 2. The first kappa shape index (κ1) is 11.2. The van der Waals surface area contributed by atoms with Gasteiger partial charge in [0.15, 0.2) is 5.22 Å². The van der Waals surface area contributed by atoms with Crippen LogP contribution in [0.4, 0.5) is 0 Å². The second kappa shape index (κ2) is 5.19. The second-order valence-corrected chi connectivity index (χ2v) is 4.05. The first-order chi connectivity index (χ1) is 7.75. The van der Waals surface area contributed by atoms with E-state index in [9.17, 15) is 5.11 Å². The minimum atomic E-state index is -0.590. The zero-order chi connectivity index (χ0) is 11.4. The van der Waals surface area contributed by atoms with Crippen LogP contribution in [0, 0.1) is 0 Å². The van der Waals surface area contributed by atoms with E-state index in [0.29, 0.717) is 17.4 Å². The summed E-state index contributed by atoms with van der Waals surface area (Å²) in [6.07, 6.45) is 0.862. The maximum Gasteiger partial charge on any atom is 0.193 e. The van der Waals surface area contributed by atoms with Crippen molar-refractivity contribution in [2.75, 3.05) is 0 Å². The number of halogens is 1. The van der Waals surface area contributed by atoms with Gasteiger partial charge in [0, 0.05) is 0 Å². The van der Waals surface area contributed by atoms with Crippen LogP contribution in [0.25, 0.3) is 0 Å². The van der Waals surface area contributed by atoms with Crippen LogP contribution in [0.15, 0.2) is 46.9 Å². The van der Waals surface area contributed by atoms with Crippen molar-refractivity contribution in [3.8, 4) is 0 Å². The standard InChI is InChI=1S/C13H13ClO2/c14-13-9-8-12(16-13)11(15)7-6-10-4-2-1-3-5-10/h1-5,8-9,11,15H,6-7H2. The summed E-state index contributed by atoms with van der Waals surface area (Å²) in [6.45, 7) is 0. The third-order valence-electron chi connectivity index (χ3n) is 2.47. The molecule has 1 atom stereocenters. The molecule has 0 aliphatic heterocycles. The van der Waals surface area contributed by atoms with Gasteiger partial charge in [0.2, 0.25) is 0 Å². The lowest BCUT2D eigenvalue weighted by molar-refractivity contribution is 0.140. The molecule has 0 saturated heterocycles. The lowest BCUT2D eigenvalue weighted by Crippen LogP contribution is -1.97. The third kappa shape index (κ3) is 2.87. The van der Waals surface area contributed by atoms with Crippen molar-refractivity contribution in [2.45, 2.75) is 18.9 Å². The lowest BCUT2D eigenvalue weighted by Gasteiger charge is -2.07. The van der Waals surface area contributed by atoms with Crippen LogP contribution in [-0.2, 0) is 6.42 Å². The molecule has 1 N–H and O–H groups in total. The summed E-state index contributed by atoms with van der Waals surface area (Å²) in [7, 11) is 0. The van der Waals surface area contributed by atoms with Crippen molar-refractivity contribution in [1.82, 2.24) is 0 Å². The Balaban J connectivity index is 1.91. The first-order valence-electron chi connectivity index (χ1n) is 5.23. The molecule has 1 aromatic heterocycles. The van der Waals surface area contributed by atoms with Crippen molar-refractivity contribution >= 4 is 11.6 Å². The summed E-state index contributed by atoms with van der Waals surface area (Å²) in [6, 6.07) is 13.4. The van der Waals surface area contributed by atoms with Crippen molar-refractivity contribution in [2.24, 2.45) is 0 Å². The summed E-state index contributed by atoms with van der Waals surface area (Å²) < 4.78 is 5.15. The van der Waals surface area contributed by atoms with Crippen LogP contribution in [-0.4, -0.2) is 5.11 Å². The molecule has 0 aliphatic rings. The number of benzene rings is 1. The van der Waals surface area contributed by atoms with Gasteiger partial charge in [0.25, 0.3) is 0 Å². The average Bonchev–Trinajstić information content (AvgIpc) is 2.74. The SMILES string of the molecule is OC(CCc1ccccc1)c1ccc(Cl)o1. The van der Waals surface area contributed by atoms with Gasteiger partial charge in [-0.15, -0.1) is 0 Å². The Labute approximate surface area is 99.5 Å². The Morgan fingerprint density at radius 1 is 1.12 bits per heavy atom. The largest absolute Gasteiger partial charge is 0.447 e. The number of hydrogen-bond donors (Lipinski definition) is 1. The minimum Gasteiger partial charge on any atom is -0.447 e. The number of aliphatic hydroxyl groups is 1. The van der Waals surface area contributed by atoms with Crippen LogP contribution < -0.4 is 0 Å². The predicted molar refractivity (Wildman–Crippen MR) is 63.4 cm³/mol. The molecule has 0 amide bonds. The van der Waals surface area contributed by atoms with E-state index >= 15 is 0 Å². The van der Waals surface area contributed by atoms with E-state index in [0.717, 1.165) is 6.42 Å². The molecule has 0 radical (unpaired) electrons. The number of furan rings is 1. The smallest absolute Gasteiger partial charge is 0.193 e. The van der Waals surface area contributed by atoms with E-state index < -0.39 is 6.10 Å². The Bertz CT molecular complexity index is 436. The lowest BCUT2D eigenvalue weighted by atomic mass is 10.1. The monoisotopic (exact) mass is 236 g/mol. The number of aryl methyl sites for hydroxylation is 1. The Morgan fingerprint density at radius 2 is 1.88 bits per heavy atom. The molecular formula is C13H13ClO2. The molecule has 0 fully saturated rings. The van der Waals surface area contributed by atoms with Crippen molar-refractivity contribution in [1.29, 1.82) is 0 Å². The molecule has 2 aromatic rings. The van der Waals surface area contributed by atoms with Crippen LogP contribution >= 0.6 is 11.6 Å². The second-order valence-electron chi connectivity index (χ2n) is 3.68. The highest BCUT2D eigenvalue weighted by Gasteiger charge is 2.11. The van der Waals surface area contributed by atoms with Gasteiger partial charge in [-0.3, -0.25) is 0 Å². The molecule has 0 aliphatic carbocycles. The molecule has 16 heavy (non-hydrogen) atoms. The van der Waals surface area contributed by atoms with E-state index in [1.165, 1.54) is 5.56 Å². The van der Waals surface area contributed by atoms with Gasteiger partial charge in [-0.1, -0.05) is 30.3 Å². The van der Waals surface area contributed by atoms with Crippen molar-refractivity contribution in [3.05, 3.63) is 59.0 Å². The molecule has 0 bridgehead atoms. The van der Waals surface area contributed by atoms with Crippen molar-refractivity contribution < 1.29 is 9.52 Å². The molecular weight excluding hydrogens is 224 g/mol. The fourth-order valence-corrected chi connectivity index (χ4v) is 1.75. The fourth-order valence-electron chi connectivity index (χ4n) is 1.60. The van der Waals surface area contributed by atoms with Gasteiger partial charge < -0.3 is 9.52 Å². The van der Waals surface area contributed by atoms with Crippen LogP contribution in [0.3, 0.4) is 0 Å². The highest BCUT2D eigenvalue weighted by Crippen LogP contribution is 2.23. The van der Waals surface area contributed by atoms with E-state index in [1.54, 1.807) is 12.1 Å². The quantitative estimate of drug-likeness (QED) is 0.880. The van der Waals surface area contributed by atoms with Gasteiger partial charge in [0.1, 0.15) is 11.9 Å². The highest BCUT2D eigenvalue weighted by molar-refractivity contribution is 6.28. The van der Waals surface area contributed by atoms with Gasteiger partial charge in [-0.05, 0) is 42.1 Å². The van der Waals surface area contributed by atoms with Gasteiger partial charge in [0.05, 0.1) is 0 Å². The van der Waals surface area contributed by atoms with E-state index in [2.05, 4.69) is 0 Å². The average molecular weight is 237 g/mol. The van der Waals surface area contributed by atoms with E-state index in [4.69, 9.17) is 16.0 Å². The summed E-state index contributed by atoms with van der Waals surface area (Å²) in [5.74, 6) is 0.529. The zero-order valence-electron chi connectivity index (χ0n) is 8.77. The normalized spacial score (nSPS) is 12.6. The number of rotatable bonds is 4. The molecule has 2 nitrogen and oxygen atoms in total. The van der Waals surface area contributed by atoms with Crippen LogP contribution in [0.2, 0.25) is 5.22 Å². The molecule has 0 saturated carbocycles. The Hall–Kier alpha value is -1.25. The van der Waals surface area contributed by atoms with Crippen LogP contribution in [0.1, 0.15) is 23.8 Å². The molecule has 1 heterocycles. The molecule has 2 rings (SSSR count). The summed E-state index contributed by atoms with van der Waals surface area (Å²) >= 11 is 5.64.